The van der Waals surface area contributed by atoms with E-state index in [1.807, 2.05) is 6.07 Å². The summed E-state index contributed by atoms with van der Waals surface area (Å²) in [4.78, 5) is 0. The highest BCUT2D eigenvalue weighted by atomic mass is 14.9. The fourth-order valence-corrected chi connectivity index (χ4v) is 3.04. The van der Waals surface area contributed by atoms with Crippen LogP contribution in [-0.2, 0) is 0 Å². The lowest BCUT2D eigenvalue weighted by Crippen LogP contribution is -2.26. The van der Waals surface area contributed by atoms with E-state index in [-0.39, 0.29) is 0 Å². The first-order valence-corrected chi connectivity index (χ1v) is 7.31. The van der Waals surface area contributed by atoms with E-state index in [4.69, 9.17) is 5.73 Å². The van der Waals surface area contributed by atoms with Crippen molar-refractivity contribution in [2.75, 3.05) is 11.1 Å². The Labute approximate surface area is 111 Å². The second-order valence-corrected chi connectivity index (χ2v) is 5.74. The number of nitrogens with two attached hydrogens (primary N) is 1. The molecule has 0 aromatic heterocycles. The van der Waals surface area contributed by atoms with Crippen LogP contribution < -0.4 is 11.1 Å². The number of nitrogen functional groups attached to an aromatic ring is 1. The van der Waals surface area contributed by atoms with Crippen LogP contribution in [0.2, 0.25) is 0 Å². The molecule has 0 aliphatic heterocycles. The molecule has 2 rings (SSSR count). The fraction of sp³-hybridized carbons (Fsp3) is 0.625. The van der Waals surface area contributed by atoms with Gasteiger partial charge in [0.25, 0.3) is 0 Å². The topological polar surface area (TPSA) is 38.0 Å². The summed E-state index contributed by atoms with van der Waals surface area (Å²) in [6.07, 6.45) is 8.05. The van der Waals surface area contributed by atoms with Gasteiger partial charge in [-0.25, -0.2) is 0 Å². The van der Waals surface area contributed by atoms with E-state index in [1.165, 1.54) is 44.1 Å². The first-order valence-electron chi connectivity index (χ1n) is 7.31. The number of aryl methyl sites for hydroxylation is 1. The number of rotatable bonds is 4. The third-order valence-corrected chi connectivity index (χ3v) is 4.11. The van der Waals surface area contributed by atoms with E-state index < -0.39 is 0 Å². The van der Waals surface area contributed by atoms with Crippen molar-refractivity contribution in [2.24, 2.45) is 5.92 Å². The van der Waals surface area contributed by atoms with Crippen LogP contribution in [0.1, 0.15) is 51.0 Å². The Morgan fingerprint density at radius 1 is 1.22 bits per heavy atom. The van der Waals surface area contributed by atoms with E-state index in [0.717, 1.165) is 17.3 Å². The molecule has 0 bridgehead atoms. The summed E-state index contributed by atoms with van der Waals surface area (Å²) in [7, 11) is 0. The van der Waals surface area contributed by atoms with Crippen LogP contribution in [-0.4, -0.2) is 6.04 Å². The van der Waals surface area contributed by atoms with E-state index in [9.17, 15) is 0 Å². The zero-order valence-corrected chi connectivity index (χ0v) is 11.7. The molecule has 0 atom stereocenters. The summed E-state index contributed by atoms with van der Waals surface area (Å²) in [5, 5.41) is 3.61. The number of benzene rings is 1. The maximum atomic E-state index is 6.05. The SMILES string of the molecule is CCCC1CCC(Nc2ccc(C)cc2N)CC1. The minimum absolute atomic E-state index is 0.614. The van der Waals surface area contributed by atoms with Crippen LogP contribution in [0, 0.1) is 12.8 Å². The highest BCUT2D eigenvalue weighted by molar-refractivity contribution is 5.67. The summed E-state index contributed by atoms with van der Waals surface area (Å²) >= 11 is 0. The zero-order valence-electron chi connectivity index (χ0n) is 11.7. The molecule has 1 aliphatic rings. The van der Waals surface area contributed by atoms with Crippen LogP contribution >= 0.6 is 0 Å². The average Bonchev–Trinajstić information content (AvgIpc) is 2.35. The Morgan fingerprint density at radius 3 is 2.56 bits per heavy atom. The normalized spacial score (nSPS) is 23.9. The molecular formula is C16H26N2. The van der Waals surface area contributed by atoms with Gasteiger partial charge in [-0.05, 0) is 56.2 Å². The molecule has 1 aliphatic carbocycles. The minimum atomic E-state index is 0.614. The lowest BCUT2D eigenvalue weighted by molar-refractivity contribution is 0.319. The van der Waals surface area contributed by atoms with E-state index >= 15 is 0 Å². The van der Waals surface area contributed by atoms with Gasteiger partial charge in [0.05, 0.1) is 11.4 Å². The predicted octanol–water partition coefficient (Wildman–Crippen LogP) is 4.35. The number of hydrogen-bond donors (Lipinski definition) is 2. The Kier molecular flexibility index (Phi) is 4.51. The summed E-state index contributed by atoms with van der Waals surface area (Å²) in [6, 6.07) is 6.90. The molecule has 1 aromatic rings. The van der Waals surface area contributed by atoms with Gasteiger partial charge in [-0.2, -0.15) is 0 Å². The van der Waals surface area contributed by atoms with Crippen LogP contribution in [0.15, 0.2) is 18.2 Å². The molecule has 1 fully saturated rings. The smallest absolute Gasteiger partial charge is 0.0576 e. The Morgan fingerprint density at radius 2 is 1.94 bits per heavy atom. The van der Waals surface area contributed by atoms with Crippen molar-refractivity contribution in [1.29, 1.82) is 0 Å². The molecule has 0 amide bonds. The van der Waals surface area contributed by atoms with Gasteiger partial charge >= 0.3 is 0 Å². The second-order valence-electron chi connectivity index (χ2n) is 5.74. The molecule has 0 radical (unpaired) electrons. The third-order valence-electron chi connectivity index (χ3n) is 4.11. The quantitative estimate of drug-likeness (QED) is 0.775. The van der Waals surface area contributed by atoms with Crippen LogP contribution in [0.25, 0.3) is 0 Å². The van der Waals surface area contributed by atoms with Crippen LogP contribution in [0.3, 0.4) is 0 Å². The third kappa shape index (κ3) is 3.41. The minimum Gasteiger partial charge on any atom is -0.397 e. The number of hydrogen-bond acceptors (Lipinski definition) is 2. The van der Waals surface area contributed by atoms with Gasteiger partial charge in [0.15, 0.2) is 0 Å². The predicted molar refractivity (Wildman–Crippen MR) is 79.9 cm³/mol. The van der Waals surface area contributed by atoms with E-state index in [2.05, 4.69) is 31.3 Å². The van der Waals surface area contributed by atoms with Gasteiger partial charge in [-0.1, -0.05) is 25.8 Å². The van der Waals surface area contributed by atoms with Crippen molar-refractivity contribution >= 4 is 11.4 Å². The molecule has 0 saturated heterocycles. The molecular weight excluding hydrogens is 220 g/mol. The summed E-state index contributed by atoms with van der Waals surface area (Å²) in [5.74, 6) is 0.961. The van der Waals surface area contributed by atoms with Crippen LogP contribution in [0.4, 0.5) is 11.4 Å². The van der Waals surface area contributed by atoms with Gasteiger partial charge in [0.1, 0.15) is 0 Å². The Bertz CT molecular complexity index is 379. The molecule has 2 heteroatoms. The lowest BCUT2D eigenvalue weighted by atomic mass is 9.83. The molecule has 1 saturated carbocycles. The maximum absolute atomic E-state index is 6.05. The van der Waals surface area contributed by atoms with Gasteiger partial charge in [-0.15, -0.1) is 0 Å². The second kappa shape index (κ2) is 6.12. The fourth-order valence-electron chi connectivity index (χ4n) is 3.04. The van der Waals surface area contributed by atoms with Crippen molar-refractivity contribution < 1.29 is 0 Å². The van der Waals surface area contributed by atoms with Gasteiger partial charge in [0.2, 0.25) is 0 Å². The van der Waals surface area contributed by atoms with Gasteiger partial charge in [0, 0.05) is 6.04 Å². The van der Waals surface area contributed by atoms with Gasteiger partial charge in [-0.3, -0.25) is 0 Å². The highest BCUT2D eigenvalue weighted by Gasteiger charge is 2.20. The number of nitrogens with one attached hydrogen (secondary N) is 1. The first-order chi connectivity index (χ1) is 8.69. The van der Waals surface area contributed by atoms with E-state index in [0.29, 0.717) is 6.04 Å². The maximum Gasteiger partial charge on any atom is 0.0576 e. The van der Waals surface area contributed by atoms with Crippen molar-refractivity contribution in [3.05, 3.63) is 23.8 Å². The monoisotopic (exact) mass is 246 g/mol. The van der Waals surface area contributed by atoms with Crippen molar-refractivity contribution in [2.45, 2.75) is 58.4 Å². The number of anilines is 2. The standard InChI is InChI=1S/C16H26N2/c1-3-4-13-6-8-14(9-7-13)18-16-10-5-12(2)11-15(16)17/h5,10-11,13-14,18H,3-4,6-9,17H2,1-2H3. The van der Waals surface area contributed by atoms with Crippen molar-refractivity contribution in [1.82, 2.24) is 0 Å². The van der Waals surface area contributed by atoms with Gasteiger partial charge < -0.3 is 11.1 Å². The lowest BCUT2D eigenvalue weighted by Gasteiger charge is -2.30. The molecule has 0 heterocycles. The summed E-state index contributed by atoms with van der Waals surface area (Å²) in [5.41, 5.74) is 9.27. The Balaban J connectivity index is 1.87. The van der Waals surface area contributed by atoms with Crippen LogP contribution in [0.5, 0.6) is 0 Å². The highest BCUT2D eigenvalue weighted by Crippen LogP contribution is 2.30. The largest absolute Gasteiger partial charge is 0.397 e. The van der Waals surface area contributed by atoms with Crippen molar-refractivity contribution in [3.63, 3.8) is 0 Å². The molecule has 3 N–H and O–H groups in total. The molecule has 100 valence electrons. The molecule has 2 nitrogen and oxygen atoms in total. The van der Waals surface area contributed by atoms with E-state index in [1.54, 1.807) is 0 Å². The zero-order chi connectivity index (χ0) is 13.0. The molecule has 0 unspecified atom stereocenters. The molecule has 1 aromatic carbocycles. The van der Waals surface area contributed by atoms with Crippen molar-refractivity contribution in [3.8, 4) is 0 Å². The molecule has 18 heavy (non-hydrogen) atoms. The first kappa shape index (κ1) is 13.3. The summed E-state index contributed by atoms with van der Waals surface area (Å²) in [6.45, 7) is 4.37. The molecule has 0 spiro atoms. The Hall–Kier alpha value is -1.18. The average molecular weight is 246 g/mol. The summed E-state index contributed by atoms with van der Waals surface area (Å²) < 4.78 is 0.